The molecule has 1 amide bonds. The van der Waals surface area contributed by atoms with E-state index in [4.69, 9.17) is 21.4 Å². The lowest BCUT2D eigenvalue weighted by Crippen LogP contribution is -2.41. The summed E-state index contributed by atoms with van der Waals surface area (Å²) in [6, 6.07) is 2.62. The van der Waals surface area contributed by atoms with Gasteiger partial charge in [0.1, 0.15) is 11.9 Å². The first-order valence-corrected chi connectivity index (χ1v) is 5.81. The highest BCUT2D eigenvalue weighted by atomic mass is 35.5. The summed E-state index contributed by atoms with van der Waals surface area (Å²) in [5, 5.41) is 11.1. The molecule has 1 unspecified atom stereocenters. The minimum absolute atomic E-state index is 0.0731. The molecule has 0 heterocycles. The zero-order valence-electron chi connectivity index (χ0n) is 10.2. The third-order valence-electron chi connectivity index (χ3n) is 2.40. The van der Waals surface area contributed by atoms with E-state index in [9.17, 15) is 14.0 Å². The predicted molar refractivity (Wildman–Crippen MR) is 66.8 cm³/mol. The van der Waals surface area contributed by atoms with Gasteiger partial charge >= 0.3 is 5.97 Å². The molecular weight excluding hydrogens is 277 g/mol. The molecule has 1 rings (SSSR count). The maximum atomic E-state index is 13.5. The first-order valence-electron chi connectivity index (χ1n) is 5.44. The van der Waals surface area contributed by atoms with Gasteiger partial charge in [-0.2, -0.15) is 0 Å². The van der Waals surface area contributed by atoms with Crippen LogP contribution in [-0.4, -0.2) is 36.7 Å². The molecule has 1 atom stereocenters. The maximum absolute atomic E-state index is 13.5. The predicted octanol–water partition coefficient (Wildman–Crippen LogP) is 1.70. The van der Waals surface area contributed by atoms with Crippen molar-refractivity contribution in [1.29, 1.82) is 0 Å². The molecule has 104 valence electrons. The number of benzene rings is 1. The van der Waals surface area contributed by atoms with Crippen LogP contribution >= 0.6 is 11.6 Å². The van der Waals surface area contributed by atoms with Gasteiger partial charge in [-0.3, -0.25) is 4.79 Å². The number of hydrogen-bond acceptors (Lipinski definition) is 3. The SMILES string of the molecule is COCCC(NC(=O)c1c(F)cccc1Cl)C(=O)O. The van der Waals surface area contributed by atoms with Crippen molar-refractivity contribution in [3.05, 3.63) is 34.6 Å². The molecule has 0 saturated carbocycles. The van der Waals surface area contributed by atoms with Crippen LogP contribution in [0.4, 0.5) is 4.39 Å². The number of carboxylic acid groups (broad SMARTS) is 1. The second-order valence-electron chi connectivity index (χ2n) is 3.74. The number of amides is 1. The van der Waals surface area contributed by atoms with Crippen LogP contribution in [0.25, 0.3) is 0 Å². The Kier molecular flexibility index (Phi) is 5.72. The summed E-state index contributed by atoms with van der Waals surface area (Å²) in [5.74, 6) is -2.90. The van der Waals surface area contributed by atoms with Crippen molar-refractivity contribution < 1.29 is 23.8 Å². The molecule has 19 heavy (non-hydrogen) atoms. The molecule has 0 radical (unpaired) electrons. The number of methoxy groups -OCH3 is 1. The van der Waals surface area contributed by atoms with Crippen molar-refractivity contribution in [3.63, 3.8) is 0 Å². The Hall–Kier alpha value is -1.66. The Morgan fingerprint density at radius 3 is 2.74 bits per heavy atom. The number of rotatable bonds is 6. The number of nitrogens with one attached hydrogen (secondary N) is 1. The van der Waals surface area contributed by atoms with E-state index < -0.39 is 23.7 Å². The quantitative estimate of drug-likeness (QED) is 0.836. The van der Waals surface area contributed by atoms with Crippen LogP contribution in [0, 0.1) is 5.82 Å². The normalized spacial score (nSPS) is 11.9. The lowest BCUT2D eigenvalue weighted by Gasteiger charge is -2.14. The third kappa shape index (κ3) is 4.18. The van der Waals surface area contributed by atoms with Crippen molar-refractivity contribution >= 4 is 23.5 Å². The van der Waals surface area contributed by atoms with Crippen LogP contribution in [0.1, 0.15) is 16.8 Å². The van der Waals surface area contributed by atoms with Crippen LogP contribution in [0.3, 0.4) is 0 Å². The molecule has 2 N–H and O–H groups in total. The van der Waals surface area contributed by atoms with E-state index in [-0.39, 0.29) is 23.6 Å². The first-order chi connectivity index (χ1) is 8.97. The van der Waals surface area contributed by atoms with Gasteiger partial charge in [0.2, 0.25) is 0 Å². The van der Waals surface area contributed by atoms with Gasteiger partial charge in [-0.1, -0.05) is 17.7 Å². The largest absolute Gasteiger partial charge is 0.480 e. The monoisotopic (exact) mass is 289 g/mol. The van der Waals surface area contributed by atoms with E-state index in [1.54, 1.807) is 0 Å². The summed E-state index contributed by atoms with van der Waals surface area (Å²) < 4.78 is 18.2. The summed E-state index contributed by atoms with van der Waals surface area (Å²) in [7, 11) is 1.41. The molecule has 0 fully saturated rings. The van der Waals surface area contributed by atoms with Gasteiger partial charge in [-0.25, -0.2) is 9.18 Å². The van der Waals surface area contributed by atoms with Gasteiger partial charge in [-0.15, -0.1) is 0 Å². The highest BCUT2D eigenvalue weighted by Crippen LogP contribution is 2.18. The molecule has 0 aliphatic carbocycles. The summed E-state index contributed by atoms with van der Waals surface area (Å²) in [6.45, 7) is 0.155. The topological polar surface area (TPSA) is 75.6 Å². The first kappa shape index (κ1) is 15.4. The Morgan fingerprint density at radius 2 is 2.21 bits per heavy atom. The summed E-state index contributed by atoms with van der Waals surface area (Å²) in [5.41, 5.74) is -0.368. The molecule has 0 aliphatic heterocycles. The van der Waals surface area contributed by atoms with E-state index in [0.717, 1.165) is 6.07 Å². The molecule has 5 nitrogen and oxygen atoms in total. The molecule has 0 saturated heterocycles. The lowest BCUT2D eigenvalue weighted by atomic mass is 10.1. The Bertz CT molecular complexity index is 461. The molecule has 1 aromatic rings. The van der Waals surface area contributed by atoms with Gasteiger partial charge < -0.3 is 15.2 Å². The second kappa shape index (κ2) is 7.06. The Morgan fingerprint density at radius 1 is 1.53 bits per heavy atom. The van der Waals surface area contributed by atoms with Gasteiger partial charge in [0.05, 0.1) is 10.6 Å². The molecule has 0 aromatic heterocycles. The third-order valence-corrected chi connectivity index (χ3v) is 2.72. The number of ether oxygens (including phenoxy) is 1. The highest BCUT2D eigenvalue weighted by Gasteiger charge is 2.23. The van der Waals surface area contributed by atoms with Gasteiger partial charge in [0.25, 0.3) is 5.91 Å². The van der Waals surface area contributed by atoms with Crippen molar-refractivity contribution in [2.45, 2.75) is 12.5 Å². The van der Waals surface area contributed by atoms with Crippen LogP contribution in [0.2, 0.25) is 5.02 Å². The molecule has 7 heteroatoms. The minimum atomic E-state index is -1.22. The fraction of sp³-hybridized carbons (Fsp3) is 0.333. The van der Waals surface area contributed by atoms with E-state index in [0.29, 0.717) is 0 Å². The van der Waals surface area contributed by atoms with Crippen LogP contribution < -0.4 is 5.32 Å². The van der Waals surface area contributed by atoms with Gasteiger partial charge in [0.15, 0.2) is 0 Å². The fourth-order valence-corrected chi connectivity index (χ4v) is 1.69. The van der Waals surface area contributed by atoms with Crippen LogP contribution in [0.15, 0.2) is 18.2 Å². The number of hydrogen-bond donors (Lipinski definition) is 2. The number of halogens is 2. The summed E-state index contributed by atoms with van der Waals surface area (Å²) in [4.78, 5) is 22.8. The highest BCUT2D eigenvalue weighted by molar-refractivity contribution is 6.33. The van der Waals surface area contributed by atoms with Crippen molar-refractivity contribution in [2.75, 3.05) is 13.7 Å². The van der Waals surface area contributed by atoms with E-state index in [1.807, 2.05) is 0 Å². The lowest BCUT2D eigenvalue weighted by molar-refractivity contribution is -0.139. The van der Waals surface area contributed by atoms with Gasteiger partial charge in [0, 0.05) is 20.1 Å². The van der Waals surface area contributed by atoms with E-state index >= 15 is 0 Å². The number of carbonyl (C=O) groups excluding carboxylic acids is 1. The van der Waals surface area contributed by atoms with Crippen LogP contribution in [0.5, 0.6) is 0 Å². The molecule has 1 aromatic carbocycles. The van der Waals surface area contributed by atoms with Gasteiger partial charge in [-0.05, 0) is 12.1 Å². The smallest absolute Gasteiger partial charge is 0.326 e. The minimum Gasteiger partial charge on any atom is -0.480 e. The standard InChI is InChI=1S/C12H13ClFNO4/c1-19-6-5-9(12(17)18)15-11(16)10-7(13)3-2-4-8(10)14/h2-4,9H,5-6H2,1H3,(H,15,16)(H,17,18). The van der Waals surface area contributed by atoms with Crippen LogP contribution in [-0.2, 0) is 9.53 Å². The summed E-state index contributed by atoms with van der Waals surface area (Å²) in [6.07, 6.45) is 0.0731. The van der Waals surface area contributed by atoms with Crippen molar-refractivity contribution in [1.82, 2.24) is 5.32 Å². The fourth-order valence-electron chi connectivity index (χ4n) is 1.44. The Labute approximate surface area is 114 Å². The number of aliphatic carboxylic acids is 1. The average molecular weight is 290 g/mol. The zero-order chi connectivity index (χ0) is 14.4. The molecule has 0 bridgehead atoms. The summed E-state index contributed by atoms with van der Waals surface area (Å²) >= 11 is 5.72. The maximum Gasteiger partial charge on any atom is 0.326 e. The Balaban J connectivity index is 2.85. The molecule has 0 aliphatic rings. The molecule has 0 spiro atoms. The zero-order valence-corrected chi connectivity index (χ0v) is 10.9. The second-order valence-corrected chi connectivity index (χ2v) is 4.15. The number of carboxylic acids is 1. The average Bonchev–Trinajstić information content (AvgIpc) is 2.33. The van der Waals surface area contributed by atoms with E-state index in [2.05, 4.69) is 5.32 Å². The van der Waals surface area contributed by atoms with E-state index in [1.165, 1.54) is 19.2 Å². The van der Waals surface area contributed by atoms with Crippen molar-refractivity contribution in [3.8, 4) is 0 Å². The van der Waals surface area contributed by atoms with Crippen molar-refractivity contribution in [2.24, 2.45) is 0 Å². The molecular formula is C12H13ClFNO4. The number of carbonyl (C=O) groups is 2.